The van der Waals surface area contributed by atoms with E-state index in [0.717, 1.165) is 43.3 Å². The van der Waals surface area contributed by atoms with Gasteiger partial charge in [0.25, 0.3) is 0 Å². The minimum Gasteiger partial charge on any atom is -0.501 e. The molecule has 0 amide bonds. The van der Waals surface area contributed by atoms with Crippen LogP contribution in [0.15, 0.2) is 23.5 Å². The Balaban J connectivity index is 1.73. The molecule has 5 atom stereocenters. The molecule has 0 radical (unpaired) electrons. The van der Waals surface area contributed by atoms with Crippen molar-refractivity contribution in [2.75, 3.05) is 7.11 Å². The van der Waals surface area contributed by atoms with Crippen molar-refractivity contribution in [2.45, 2.75) is 71.6 Å². The number of carbonyl (C=O) groups excluding carboxylic acids is 1. The van der Waals surface area contributed by atoms with E-state index in [1.807, 2.05) is 0 Å². The van der Waals surface area contributed by atoms with Gasteiger partial charge in [-0.1, -0.05) is 26.3 Å². The van der Waals surface area contributed by atoms with Crippen molar-refractivity contribution in [3.63, 3.8) is 0 Å². The monoisotopic (exact) mass is 328 g/mol. The Labute approximate surface area is 146 Å². The highest BCUT2D eigenvalue weighted by Gasteiger charge is 2.59. The zero-order valence-corrected chi connectivity index (χ0v) is 15.6. The smallest absolute Gasteiger partial charge is 0.139 e. The number of rotatable bonds is 3. The third-order valence-electron chi connectivity index (χ3n) is 8.13. The summed E-state index contributed by atoms with van der Waals surface area (Å²) >= 11 is 0. The molecule has 2 heteroatoms. The van der Waals surface area contributed by atoms with E-state index in [2.05, 4.69) is 26.0 Å². The highest BCUT2D eigenvalue weighted by Crippen LogP contribution is 2.64. The van der Waals surface area contributed by atoms with E-state index in [4.69, 9.17) is 4.74 Å². The minimum atomic E-state index is -0.0118. The summed E-state index contributed by atoms with van der Waals surface area (Å²) in [5.74, 6) is 3.83. The number of Topliss-reactive ketones (excluding diaryl/α,β-unsaturated/α-hetero) is 1. The Bertz CT molecular complexity index is 601. The second-order valence-corrected chi connectivity index (χ2v) is 8.91. The first-order chi connectivity index (χ1) is 11.5. The molecule has 4 aliphatic carbocycles. The number of hydrogen-bond acceptors (Lipinski definition) is 2. The molecule has 0 heterocycles. The lowest BCUT2D eigenvalue weighted by atomic mass is 9.47. The predicted octanol–water partition coefficient (Wildman–Crippen LogP) is 5.44. The van der Waals surface area contributed by atoms with Gasteiger partial charge in [-0.3, -0.25) is 4.79 Å². The summed E-state index contributed by atoms with van der Waals surface area (Å²) in [6.07, 6.45) is 15.2. The average molecular weight is 328 g/mol. The average Bonchev–Trinajstić information content (AvgIpc) is 2.90. The van der Waals surface area contributed by atoms with Crippen LogP contribution in [0.3, 0.4) is 0 Å². The normalized spacial score (nSPS) is 44.1. The molecule has 0 aromatic rings. The Kier molecular flexibility index (Phi) is 3.93. The third kappa shape index (κ3) is 2.10. The molecule has 0 aromatic heterocycles. The highest BCUT2D eigenvalue weighted by molar-refractivity contribution is 5.87. The summed E-state index contributed by atoms with van der Waals surface area (Å²) in [4.78, 5) is 12.5. The van der Waals surface area contributed by atoms with Gasteiger partial charge in [-0.2, -0.15) is 0 Å². The topological polar surface area (TPSA) is 26.3 Å². The van der Waals surface area contributed by atoms with Crippen molar-refractivity contribution in [1.29, 1.82) is 0 Å². The second-order valence-electron chi connectivity index (χ2n) is 8.91. The van der Waals surface area contributed by atoms with Crippen LogP contribution in [0.1, 0.15) is 71.6 Å². The van der Waals surface area contributed by atoms with Crippen LogP contribution in [-0.2, 0) is 9.53 Å². The van der Waals surface area contributed by atoms with Gasteiger partial charge in [-0.05, 0) is 73.3 Å². The van der Waals surface area contributed by atoms with Gasteiger partial charge in [-0.25, -0.2) is 0 Å². The number of ether oxygens (including phenoxy) is 1. The molecule has 0 unspecified atom stereocenters. The van der Waals surface area contributed by atoms with Gasteiger partial charge in [0.2, 0.25) is 0 Å². The molecular weight excluding hydrogens is 296 g/mol. The van der Waals surface area contributed by atoms with Crippen molar-refractivity contribution in [1.82, 2.24) is 0 Å². The van der Waals surface area contributed by atoms with Gasteiger partial charge >= 0.3 is 0 Å². The van der Waals surface area contributed by atoms with Crippen LogP contribution in [0, 0.1) is 28.6 Å². The maximum absolute atomic E-state index is 12.5. The summed E-state index contributed by atoms with van der Waals surface area (Å²) < 4.78 is 5.57. The second kappa shape index (κ2) is 5.75. The van der Waals surface area contributed by atoms with Gasteiger partial charge < -0.3 is 4.74 Å². The Hall–Kier alpha value is -1.05. The molecule has 2 nitrogen and oxygen atoms in total. The lowest BCUT2D eigenvalue weighted by Gasteiger charge is -2.57. The lowest BCUT2D eigenvalue weighted by Crippen LogP contribution is -2.50. The molecule has 0 bridgehead atoms. The van der Waals surface area contributed by atoms with Gasteiger partial charge in [-0.15, -0.1) is 0 Å². The molecule has 132 valence electrons. The van der Waals surface area contributed by atoms with Crippen LogP contribution in [0.5, 0.6) is 0 Å². The summed E-state index contributed by atoms with van der Waals surface area (Å²) in [7, 11) is 1.81. The van der Waals surface area contributed by atoms with Crippen LogP contribution >= 0.6 is 0 Å². The van der Waals surface area contributed by atoms with Crippen molar-refractivity contribution in [3.8, 4) is 0 Å². The maximum atomic E-state index is 12.5. The minimum absolute atomic E-state index is 0.0118. The van der Waals surface area contributed by atoms with E-state index in [0.29, 0.717) is 17.1 Å². The van der Waals surface area contributed by atoms with Gasteiger partial charge in [0.1, 0.15) is 5.78 Å². The molecule has 24 heavy (non-hydrogen) atoms. The predicted molar refractivity (Wildman–Crippen MR) is 96.4 cm³/mol. The molecule has 0 aromatic carbocycles. The molecular formula is C22H32O2. The van der Waals surface area contributed by atoms with Crippen molar-refractivity contribution in [3.05, 3.63) is 23.5 Å². The molecule has 0 aliphatic heterocycles. The molecule has 0 spiro atoms. The van der Waals surface area contributed by atoms with E-state index in [9.17, 15) is 4.79 Å². The summed E-state index contributed by atoms with van der Waals surface area (Å²) in [5.41, 5.74) is 1.90. The van der Waals surface area contributed by atoms with E-state index in [-0.39, 0.29) is 5.41 Å². The van der Waals surface area contributed by atoms with Crippen molar-refractivity contribution < 1.29 is 9.53 Å². The molecule has 2 fully saturated rings. The standard InChI is InChI=1S/C22H32O2/c1-4-11-22-13-9-16(24-3)14-15(22)5-6-17-18-7-8-20(23)21(18,2)12-10-19(17)22/h5,14,17-19H,4,6-13H2,1-3H3/t17-,18-,19-,21-,22-/m0/s1. The summed E-state index contributed by atoms with van der Waals surface area (Å²) in [6, 6.07) is 0. The van der Waals surface area contributed by atoms with Crippen LogP contribution in [0.4, 0.5) is 0 Å². The number of allylic oxidation sites excluding steroid dienone is 4. The largest absolute Gasteiger partial charge is 0.501 e. The SMILES string of the molecule is CCC[C@]12CCC(OC)=CC1=CC[C@@H]1[C@@H]2CC[C@]2(C)C(=O)CC[C@@H]12. The summed E-state index contributed by atoms with van der Waals surface area (Å²) in [5, 5.41) is 0. The number of fused-ring (bicyclic) bond motifs is 5. The Morgan fingerprint density at radius 2 is 2.04 bits per heavy atom. The third-order valence-corrected chi connectivity index (χ3v) is 8.13. The zero-order chi connectivity index (χ0) is 16.9. The van der Waals surface area contributed by atoms with E-state index >= 15 is 0 Å². The fourth-order valence-corrected chi connectivity index (χ4v) is 6.94. The summed E-state index contributed by atoms with van der Waals surface area (Å²) in [6.45, 7) is 4.61. The van der Waals surface area contributed by atoms with E-state index < -0.39 is 0 Å². The van der Waals surface area contributed by atoms with Crippen LogP contribution < -0.4 is 0 Å². The fraction of sp³-hybridized carbons (Fsp3) is 0.773. The molecule has 2 saturated carbocycles. The molecule has 0 saturated heterocycles. The molecule has 4 aliphatic rings. The number of ketones is 1. The number of carbonyl (C=O) groups is 1. The van der Waals surface area contributed by atoms with Crippen LogP contribution in [0.2, 0.25) is 0 Å². The molecule has 0 N–H and O–H groups in total. The fourth-order valence-electron chi connectivity index (χ4n) is 6.94. The number of hydrogen-bond donors (Lipinski definition) is 0. The number of methoxy groups -OCH3 is 1. The van der Waals surface area contributed by atoms with Crippen LogP contribution in [0.25, 0.3) is 0 Å². The first kappa shape index (κ1) is 16.4. The Morgan fingerprint density at radius 3 is 2.79 bits per heavy atom. The highest BCUT2D eigenvalue weighted by atomic mass is 16.5. The van der Waals surface area contributed by atoms with E-state index in [1.54, 1.807) is 12.7 Å². The lowest BCUT2D eigenvalue weighted by molar-refractivity contribution is -0.132. The molecule has 4 rings (SSSR count). The van der Waals surface area contributed by atoms with E-state index in [1.165, 1.54) is 32.1 Å². The van der Waals surface area contributed by atoms with Gasteiger partial charge in [0.15, 0.2) is 0 Å². The van der Waals surface area contributed by atoms with Crippen molar-refractivity contribution >= 4 is 5.78 Å². The van der Waals surface area contributed by atoms with Crippen LogP contribution in [-0.4, -0.2) is 12.9 Å². The maximum Gasteiger partial charge on any atom is 0.139 e. The Morgan fingerprint density at radius 1 is 1.21 bits per heavy atom. The van der Waals surface area contributed by atoms with Gasteiger partial charge in [0, 0.05) is 18.3 Å². The zero-order valence-electron chi connectivity index (χ0n) is 15.6. The first-order valence-electron chi connectivity index (χ1n) is 10.0. The van der Waals surface area contributed by atoms with Crippen molar-refractivity contribution in [2.24, 2.45) is 28.6 Å². The van der Waals surface area contributed by atoms with Gasteiger partial charge in [0.05, 0.1) is 12.9 Å². The first-order valence-corrected chi connectivity index (χ1v) is 10.0. The quantitative estimate of drug-likeness (QED) is 0.689.